The number of likely N-dealkylation sites (tertiary alicyclic amines) is 2. The van der Waals surface area contributed by atoms with Crippen molar-refractivity contribution in [1.82, 2.24) is 19.4 Å². The van der Waals surface area contributed by atoms with Gasteiger partial charge in [-0.2, -0.15) is 0 Å². The summed E-state index contributed by atoms with van der Waals surface area (Å²) in [4.78, 5) is 55.3. The van der Waals surface area contributed by atoms with Crippen LogP contribution >= 0.6 is 0 Å². The highest BCUT2D eigenvalue weighted by molar-refractivity contribution is 5.95. The van der Waals surface area contributed by atoms with Gasteiger partial charge in [-0.05, 0) is 38.0 Å². The van der Waals surface area contributed by atoms with E-state index < -0.39 is 22.6 Å². The van der Waals surface area contributed by atoms with E-state index in [0.717, 1.165) is 25.9 Å². The first-order valence-corrected chi connectivity index (χ1v) is 9.78. The molecule has 0 unspecified atom stereocenters. The molecule has 27 heavy (non-hydrogen) atoms. The van der Waals surface area contributed by atoms with Crippen molar-refractivity contribution in [2.24, 2.45) is 18.4 Å². The first-order chi connectivity index (χ1) is 12.9. The van der Waals surface area contributed by atoms with E-state index in [1.165, 1.54) is 37.1 Å². The summed E-state index contributed by atoms with van der Waals surface area (Å²) in [7, 11) is 1.49. The fourth-order valence-corrected chi connectivity index (χ4v) is 4.62. The summed E-state index contributed by atoms with van der Waals surface area (Å²) in [6.07, 6.45) is 7.34. The zero-order valence-electron chi connectivity index (χ0n) is 15.7. The van der Waals surface area contributed by atoms with E-state index in [2.05, 4.69) is 4.98 Å². The van der Waals surface area contributed by atoms with Gasteiger partial charge in [0.05, 0.1) is 5.41 Å². The van der Waals surface area contributed by atoms with Gasteiger partial charge in [-0.25, -0.2) is 4.79 Å². The van der Waals surface area contributed by atoms with Crippen molar-refractivity contribution >= 4 is 11.8 Å². The molecule has 2 aliphatic heterocycles. The Morgan fingerprint density at radius 2 is 1.96 bits per heavy atom. The average molecular weight is 374 g/mol. The molecule has 3 heterocycles. The Kier molecular flexibility index (Phi) is 4.44. The smallest absolute Gasteiger partial charge is 0.328 e. The number of aromatic nitrogens is 2. The number of hydrogen-bond acceptors (Lipinski definition) is 4. The number of aromatic amines is 1. The Bertz CT molecular complexity index is 884. The second-order valence-electron chi connectivity index (χ2n) is 8.32. The Morgan fingerprint density at radius 3 is 2.67 bits per heavy atom. The van der Waals surface area contributed by atoms with Crippen molar-refractivity contribution in [3.05, 3.63) is 32.6 Å². The van der Waals surface area contributed by atoms with E-state index >= 15 is 0 Å². The van der Waals surface area contributed by atoms with E-state index in [4.69, 9.17) is 0 Å². The molecule has 1 saturated carbocycles. The van der Waals surface area contributed by atoms with E-state index in [1.807, 2.05) is 4.90 Å². The molecule has 1 aromatic rings. The quantitative estimate of drug-likeness (QED) is 0.825. The maximum absolute atomic E-state index is 13.2. The van der Waals surface area contributed by atoms with Crippen LogP contribution in [0.1, 0.15) is 48.9 Å². The maximum Gasteiger partial charge on any atom is 0.328 e. The number of H-pyrrole nitrogens is 1. The van der Waals surface area contributed by atoms with Gasteiger partial charge in [-0.3, -0.25) is 19.4 Å². The molecule has 8 heteroatoms. The highest BCUT2D eigenvalue weighted by Gasteiger charge is 2.50. The lowest BCUT2D eigenvalue weighted by atomic mass is 9.77. The molecule has 4 rings (SSSR count). The summed E-state index contributed by atoms with van der Waals surface area (Å²) in [5, 5.41) is 0. The minimum Gasteiger partial charge on any atom is -0.342 e. The number of carbonyl (C=O) groups excluding carboxylic acids is 2. The van der Waals surface area contributed by atoms with E-state index in [9.17, 15) is 19.2 Å². The molecule has 0 radical (unpaired) electrons. The minimum atomic E-state index is -0.675. The monoisotopic (exact) mass is 374 g/mol. The third-order valence-electron chi connectivity index (χ3n) is 6.51. The molecule has 8 nitrogen and oxygen atoms in total. The summed E-state index contributed by atoms with van der Waals surface area (Å²) in [5.41, 5.74) is -1.79. The highest BCUT2D eigenvalue weighted by Crippen LogP contribution is 2.41. The van der Waals surface area contributed by atoms with Gasteiger partial charge in [0, 0.05) is 39.4 Å². The fraction of sp³-hybridized carbons (Fsp3) is 0.684. The van der Waals surface area contributed by atoms with Gasteiger partial charge in [0.25, 0.3) is 11.5 Å². The Labute approximate surface area is 157 Å². The van der Waals surface area contributed by atoms with Crippen molar-refractivity contribution in [2.45, 2.75) is 38.5 Å². The second-order valence-corrected chi connectivity index (χ2v) is 8.32. The molecular weight excluding hydrogens is 348 g/mol. The molecular formula is C19H26N4O4. The van der Waals surface area contributed by atoms with Crippen LogP contribution in [0.25, 0.3) is 0 Å². The van der Waals surface area contributed by atoms with Crippen LogP contribution < -0.4 is 11.2 Å². The highest BCUT2D eigenvalue weighted by atomic mass is 16.2. The van der Waals surface area contributed by atoms with Crippen LogP contribution in [0, 0.1) is 11.3 Å². The molecule has 1 atom stereocenters. The predicted molar refractivity (Wildman–Crippen MR) is 98.4 cm³/mol. The Hall–Kier alpha value is -2.38. The van der Waals surface area contributed by atoms with Crippen molar-refractivity contribution < 1.29 is 9.59 Å². The van der Waals surface area contributed by atoms with E-state index in [0.29, 0.717) is 25.4 Å². The predicted octanol–water partition coefficient (Wildman–Crippen LogP) is 0.328. The zero-order chi connectivity index (χ0) is 19.2. The van der Waals surface area contributed by atoms with Gasteiger partial charge < -0.3 is 14.4 Å². The number of amides is 2. The lowest BCUT2D eigenvalue weighted by Crippen LogP contribution is -2.52. The lowest BCUT2D eigenvalue weighted by Gasteiger charge is -2.42. The molecule has 1 spiro atoms. The van der Waals surface area contributed by atoms with Crippen LogP contribution in [0.5, 0.6) is 0 Å². The number of hydrogen-bond donors (Lipinski definition) is 1. The molecule has 1 N–H and O–H groups in total. The SMILES string of the molecule is Cn1cc(C(=O)N2CC[C@@]3(CCCN(CC4CCC4)C3=O)C2)c(=O)[nH]c1=O. The molecule has 3 aliphatic rings. The summed E-state index contributed by atoms with van der Waals surface area (Å²) in [5.74, 6) is 0.394. The van der Waals surface area contributed by atoms with Crippen LogP contribution in [0.4, 0.5) is 0 Å². The average Bonchev–Trinajstić information content (AvgIpc) is 3.02. The number of rotatable bonds is 3. The zero-order valence-corrected chi connectivity index (χ0v) is 15.7. The number of nitrogens with zero attached hydrogens (tertiary/aromatic N) is 3. The third-order valence-corrected chi connectivity index (χ3v) is 6.51. The topological polar surface area (TPSA) is 95.5 Å². The molecule has 3 fully saturated rings. The third kappa shape index (κ3) is 3.11. The van der Waals surface area contributed by atoms with Crippen molar-refractivity contribution in [3.63, 3.8) is 0 Å². The summed E-state index contributed by atoms with van der Waals surface area (Å²) >= 11 is 0. The Morgan fingerprint density at radius 1 is 1.19 bits per heavy atom. The van der Waals surface area contributed by atoms with Gasteiger partial charge >= 0.3 is 5.69 Å². The number of aryl methyl sites for hydroxylation is 1. The molecule has 1 aliphatic carbocycles. The van der Waals surface area contributed by atoms with Crippen molar-refractivity contribution in [1.29, 1.82) is 0 Å². The summed E-state index contributed by atoms with van der Waals surface area (Å²) in [6, 6.07) is 0. The molecule has 146 valence electrons. The normalized spacial score (nSPS) is 25.9. The minimum absolute atomic E-state index is 0.0521. The number of piperidine rings is 1. The molecule has 1 aromatic heterocycles. The van der Waals surface area contributed by atoms with Crippen molar-refractivity contribution in [2.75, 3.05) is 26.2 Å². The van der Waals surface area contributed by atoms with Crippen LogP contribution in [-0.2, 0) is 11.8 Å². The van der Waals surface area contributed by atoms with Gasteiger partial charge in [0.15, 0.2) is 0 Å². The summed E-state index contributed by atoms with van der Waals surface area (Å²) < 4.78 is 1.19. The van der Waals surface area contributed by atoms with Crippen LogP contribution in [0.15, 0.2) is 15.8 Å². The van der Waals surface area contributed by atoms with Gasteiger partial charge in [0.2, 0.25) is 5.91 Å². The largest absolute Gasteiger partial charge is 0.342 e. The van der Waals surface area contributed by atoms with E-state index in [1.54, 1.807) is 4.90 Å². The molecule has 2 saturated heterocycles. The lowest BCUT2D eigenvalue weighted by molar-refractivity contribution is -0.146. The molecule has 0 bridgehead atoms. The van der Waals surface area contributed by atoms with Crippen LogP contribution in [0.3, 0.4) is 0 Å². The van der Waals surface area contributed by atoms with Gasteiger partial charge in [-0.1, -0.05) is 6.42 Å². The molecule has 2 amide bonds. The summed E-state index contributed by atoms with van der Waals surface area (Å²) in [6.45, 7) is 2.47. The molecule has 0 aromatic carbocycles. The first-order valence-electron chi connectivity index (χ1n) is 9.78. The fourth-order valence-electron chi connectivity index (χ4n) is 4.62. The number of nitrogens with one attached hydrogen (secondary N) is 1. The number of carbonyl (C=O) groups is 2. The standard InChI is InChI=1S/C19H26N4O4/c1-21-11-14(15(24)20-18(21)27)16(25)23-9-7-19(12-23)6-3-8-22(17(19)26)10-13-4-2-5-13/h11,13H,2-10,12H2,1H3,(H,20,24,27)/t19-/m0/s1. The van der Waals surface area contributed by atoms with Gasteiger partial charge in [-0.15, -0.1) is 0 Å². The second kappa shape index (κ2) is 6.65. The maximum atomic E-state index is 13.2. The Balaban J connectivity index is 1.51. The van der Waals surface area contributed by atoms with Crippen LogP contribution in [-0.4, -0.2) is 57.3 Å². The van der Waals surface area contributed by atoms with Crippen molar-refractivity contribution in [3.8, 4) is 0 Å². The van der Waals surface area contributed by atoms with E-state index in [-0.39, 0.29) is 11.5 Å². The van der Waals surface area contributed by atoms with Crippen LogP contribution in [0.2, 0.25) is 0 Å². The van der Waals surface area contributed by atoms with Gasteiger partial charge in [0.1, 0.15) is 5.56 Å². The first kappa shape index (κ1) is 18.0.